The number of phenols is 1. The Labute approximate surface area is 152 Å². The first kappa shape index (κ1) is 20.3. The molecule has 0 saturated heterocycles. The minimum absolute atomic E-state index is 0. The van der Waals surface area contributed by atoms with Crippen molar-refractivity contribution in [3.8, 4) is 5.75 Å². The number of aromatic hydroxyl groups is 1. The van der Waals surface area contributed by atoms with Crippen molar-refractivity contribution >= 4 is 11.4 Å². The fraction of sp³-hybridized carbons (Fsp3) is 0.400. The number of nitrogens with one attached hydrogen (secondary N) is 1. The van der Waals surface area contributed by atoms with E-state index in [0.29, 0.717) is 5.75 Å². The number of hydrogen-bond acceptors (Lipinski definition) is 2. The normalized spacial score (nSPS) is 11.0. The summed E-state index contributed by atoms with van der Waals surface area (Å²) >= 11 is 0. The van der Waals surface area contributed by atoms with E-state index in [-0.39, 0.29) is 12.4 Å². The predicted molar refractivity (Wildman–Crippen MR) is 100 cm³/mol. The molecule has 0 aromatic heterocycles. The van der Waals surface area contributed by atoms with Gasteiger partial charge in [-0.2, -0.15) is 0 Å². The van der Waals surface area contributed by atoms with Gasteiger partial charge in [0, 0.05) is 18.3 Å². The van der Waals surface area contributed by atoms with E-state index in [1.807, 2.05) is 19.1 Å². The molecular weight excluding hydrogens is 320 g/mol. The van der Waals surface area contributed by atoms with Gasteiger partial charge in [0.25, 0.3) is 0 Å². The molecule has 0 saturated carbocycles. The highest BCUT2D eigenvalue weighted by atomic mass is 35.5. The van der Waals surface area contributed by atoms with Crippen molar-refractivity contribution in [2.75, 3.05) is 25.0 Å². The highest BCUT2D eigenvalue weighted by Crippen LogP contribution is 2.24. The monoisotopic (exact) mass is 348 g/mol. The van der Waals surface area contributed by atoms with Crippen LogP contribution in [0.15, 0.2) is 42.5 Å². The Morgan fingerprint density at radius 1 is 0.917 bits per heavy atom. The molecule has 2 rings (SSSR count). The number of nitrogens with zero attached hydrogens (tertiary/aromatic N) is 1. The standard InChI is InChI=1S/C20H28N2O.ClH/c1-5-22(6-2,7-3)19-12-9-17(10-13-19)15-21-18-11-8-16(4)20(23)14-18;/h8-14,21H,5-7,15H2,1-4H3;1H. The van der Waals surface area contributed by atoms with E-state index in [2.05, 4.69) is 50.4 Å². The van der Waals surface area contributed by atoms with Gasteiger partial charge in [0.15, 0.2) is 0 Å². The molecule has 0 spiro atoms. The minimum atomic E-state index is 0. The van der Waals surface area contributed by atoms with E-state index in [1.165, 1.54) is 11.3 Å². The Balaban J connectivity index is 0.00000288. The number of halogens is 1. The highest BCUT2D eigenvalue weighted by molar-refractivity contribution is 5.51. The molecule has 0 aliphatic heterocycles. The molecule has 3 nitrogen and oxygen atoms in total. The molecule has 24 heavy (non-hydrogen) atoms. The molecule has 0 atom stereocenters. The molecule has 0 radical (unpaired) electrons. The summed E-state index contributed by atoms with van der Waals surface area (Å²) < 4.78 is 1.03. The zero-order chi connectivity index (χ0) is 16.9. The molecule has 0 unspecified atom stereocenters. The van der Waals surface area contributed by atoms with Gasteiger partial charge < -0.3 is 22.8 Å². The van der Waals surface area contributed by atoms with Crippen molar-refractivity contribution in [1.29, 1.82) is 0 Å². The van der Waals surface area contributed by atoms with Crippen LogP contribution in [0.5, 0.6) is 5.75 Å². The third kappa shape index (κ3) is 4.43. The average Bonchev–Trinajstić information content (AvgIpc) is 2.59. The maximum atomic E-state index is 9.76. The van der Waals surface area contributed by atoms with E-state index in [0.717, 1.165) is 41.9 Å². The van der Waals surface area contributed by atoms with E-state index in [1.54, 1.807) is 6.07 Å². The summed E-state index contributed by atoms with van der Waals surface area (Å²) in [5.74, 6) is 0.335. The quantitative estimate of drug-likeness (QED) is 0.746. The Morgan fingerprint density at radius 3 is 2.00 bits per heavy atom. The van der Waals surface area contributed by atoms with E-state index in [9.17, 15) is 5.11 Å². The first-order valence-corrected chi connectivity index (χ1v) is 8.53. The summed E-state index contributed by atoms with van der Waals surface area (Å²) in [6.45, 7) is 12.8. The number of aryl methyl sites for hydroxylation is 1. The molecule has 0 fully saturated rings. The van der Waals surface area contributed by atoms with Gasteiger partial charge in [0.2, 0.25) is 0 Å². The lowest BCUT2D eigenvalue weighted by Crippen LogP contribution is -3.00. The second-order valence-electron chi connectivity index (χ2n) is 6.12. The van der Waals surface area contributed by atoms with Crippen LogP contribution >= 0.6 is 0 Å². The van der Waals surface area contributed by atoms with Gasteiger partial charge in [-0.25, -0.2) is 0 Å². The first-order valence-electron chi connectivity index (χ1n) is 8.53. The van der Waals surface area contributed by atoms with Crippen LogP contribution in [0.25, 0.3) is 0 Å². The molecule has 2 aromatic carbocycles. The fourth-order valence-electron chi connectivity index (χ4n) is 3.07. The number of hydrogen-bond donors (Lipinski definition) is 2. The summed E-state index contributed by atoms with van der Waals surface area (Å²) in [7, 11) is 0. The predicted octanol–water partition coefficient (Wildman–Crippen LogP) is 1.68. The second-order valence-corrected chi connectivity index (χ2v) is 6.12. The van der Waals surface area contributed by atoms with Crippen LogP contribution in [-0.2, 0) is 6.54 Å². The molecule has 4 heteroatoms. The Bertz CT molecular complexity index is 628. The highest BCUT2D eigenvalue weighted by Gasteiger charge is 2.23. The van der Waals surface area contributed by atoms with Gasteiger partial charge in [0.1, 0.15) is 11.4 Å². The van der Waals surface area contributed by atoms with Crippen LogP contribution in [0.1, 0.15) is 31.9 Å². The zero-order valence-electron chi connectivity index (χ0n) is 15.1. The number of benzene rings is 2. The molecule has 0 aliphatic rings. The lowest BCUT2D eigenvalue weighted by Gasteiger charge is -2.35. The SMILES string of the molecule is CC[N+](CC)(CC)c1ccc(CNc2ccc(C)c(O)c2)cc1.[Cl-]. The van der Waals surface area contributed by atoms with E-state index < -0.39 is 0 Å². The number of quaternary nitrogens is 1. The molecular formula is C20H29ClN2O. The Hall–Kier alpha value is -1.71. The molecule has 0 bridgehead atoms. The van der Waals surface area contributed by atoms with Gasteiger partial charge in [-0.05, 0) is 57.0 Å². The minimum Gasteiger partial charge on any atom is -1.00 e. The first-order chi connectivity index (χ1) is 11.0. The average molecular weight is 349 g/mol. The van der Waals surface area contributed by atoms with Crippen molar-refractivity contribution in [2.24, 2.45) is 0 Å². The number of rotatable bonds is 7. The maximum absolute atomic E-state index is 9.76. The Kier molecular flexibility index (Phi) is 7.59. The summed E-state index contributed by atoms with van der Waals surface area (Å²) in [5.41, 5.74) is 4.47. The lowest BCUT2D eigenvalue weighted by atomic mass is 10.1. The van der Waals surface area contributed by atoms with Crippen LogP contribution in [-0.4, -0.2) is 24.7 Å². The van der Waals surface area contributed by atoms with Gasteiger partial charge >= 0.3 is 0 Å². The van der Waals surface area contributed by atoms with Crippen molar-refractivity contribution in [3.63, 3.8) is 0 Å². The van der Waals surface area contributed by atoms with Gasteiger partial charge in [0.05, 0.1) is 19.6 Å². The van der Waals surface area contributed by atoms with E-state index in [4.69, 9.17) is 0 Å². The van der Waals surface area contributed by atoms with Gasteiger partial charge in [-0.1, -0.05) is 18.2 Å². The summed E-state index contributed by atoms with van der Waals surface area (Å²) in [6, 6.07) is 14.6. The zero-order valence-corrected chi connectivity index (χ0v) is 15.9. The lowest BCUT2D eigenvalue weighted by molar-refractivity contribution is -0.00000589. The largest absolute Gasteiger partial charge is 1.00 e. The van der Waals surface area contributed by atoms with Crippen molar-refractivity contribution in [3.05, 3.63) is 53.6 Å². The second kappa shape index (κ2) is 8.95. The topological polar surface area (TPSA) is 32.3 Å². The summed E-state index contributed by atoms with van der Waals surface area (Å²) in [6.07, 6.45) is 0. The third-order valence-corrected chi connectivity index (χ3v) is 5.01. The smallest absolute Gasteiger partial charge is 0.132 e. The fourth-order valence-corrected chi connectivity index (χ4v) is 3.07. The molecule has 0 heterocycles. The molecule has 2 aromatic rings. The van der Waals surface area contributed by atoms with Crippen molar-refractivity contribution < 1.29 is 17.5 Å². The molecule has 0 aliphatic carbocycles. The van der Waals surface area contributed by atoms with Crippen LogP contribution < -0.4 is 22.2 Å². The van der Waals surface area contributed by atoms with Crippen LogP contribution in [0, 0.1) is 6.92 Å². The number of phenolic OH excluding ortho intramolecular Hbond substituents is 1. The number of anilines is 1. The molecule has 132 valence electrons. The molecule has 0 amide bonds. The summed E-state index contributed by atoms with van der Waals surface area (Å²) in [5, 5.41) is 13.1. The molecule has 2 N–H and O–H groups in total. The van der Waals surface area contributed by atoms with E-state index >= 15 is 0 Å². The van der Waals surface area contributed by atoms with Gasteiger partial charge in [-0.3, -0.25) is 4.48 Å². The van der Waals surface area contributed by atoms with Crippen LogP contribution in [0.2, 0.25) is 0 Å². The van der Waals surface area contributed by atoms with Gasteiger partial charge in [-0.15, -0.1) is 0 Å². The Morgan fingerprint density at radius 2 is 1.50 bits per heavy atom. The van der Waals surface area contributed by atoms with Crippen molar-refractivity contribution in [2.45, 2.75) is 34.2 Å². The van der Waals surface area contributed by atoms with Crippen LogP contribution in [0.4, 0.5) is 11.4 Å². The maximum Gasteiger partial charge on any atom is 0.132 e. The summed E-state index contributed by atoms with van der Waals surface area (Å²) in [4.78, 5) is 0. The van der Waals surface area contributed by atoms with Crippen LogP contribution in [0.3, 0.4) is 0 Å². The third-order valence-electron chi connectivity index (χ3n) is 5.01. The van der Waals surface area contributed by atoms with Crippen molar-refractivity contribution in [1.82, 2.24) is 4.48 Å².